The Morgan fingerprint density at radius 1 is 1.12 bits per heavy atom. The zero-order valence-corrected chi connectivity index (χ0v) is 16.9. The van der Waals surface area contributed by atoms with E-state index in [1.807, 2.05) is 0 Å². The highest BCUT2D eigenvalue weighted by Crippen LogP contribution is 2.65. The number of fused-ring (bicyclic) bond motifs is 5. The number of aldehydes is 1. The van der Waals surface area contributed by atoms with E-state index in [4.69, 9.17) is 9.05 Å². The van der Waals surface area contributed by atoms with E-state index in [-0.39, 0.29) is 11.5 Å². The first-order chi connectivity index (χ1) is 11.6. The van der Waals surface area contributed by atoms with Gasteiger partial charge in [0.1, 0.15) is 6.29 Å². The van der Waals surface area contributed by atoms with Gasteiger partial charge in [-0.15, -0.1) is 0 Å². The molecule has 4 aliphatic carbocycles. The monoisotopic (exact) mass is 368 g/mol. The summed E-state index contributed by atoms with van der Waals surface area (Å²) in [5, 5.41) is 0. The van der Waals surface area contributed by atoms with Gasteiger partial charge in [0, 0.05) is 18.9 Å². The maximum atomic E-state index is 12.3. The molecule has 0 amide bonds. The van der Waals surface area contributed by atoms with Gasteiger partial charge in [0.15, 0.2) is 0 Å². The Kier molecular flexibility index (Phi) is 4.70. The Hall–Kier alpha value is 0.190. The first kappa shape index (κ1) is 17.6. The molecule has 0 bridgehead atoms. The molecule has 0 aromatic carbocycles. The van der Waals surface area contributed by atoms with Gasteiger partial charge in [-0.25, -0.2) is 0 Å². The van der Waals surface area contributed by atoms with Gasteiger partial charge < -0.3 is 13.8 Å². The van der Waals surface area contributed by atoms with Crippen molar-refractivity contribution in [3.8, 4) is 0 Å². The average molecular weight is 368 g/mol. The van der Waals surface area contributed by atoms with Gasteiger partial charge in [0.05, 0.1) is 17.6 Å². The quantitative estimate of drug-likeness (QED) is 0.419. The highest BCUT2D eigenvalue weighted by Gasteiger charge is 2.60. The summed E-state index contributed by atoms with van der Waals surface area (Å²) in [5.74, 6) is 1.88. The van der Waals surface area contributed by atoms with Crippen molar-refractivity contribution in [1.82, 2.24) is 0 Å². The van der Waals surface area contributed by atoms with Crippen LogP contribution in [0.2, 0.25) is 0 Å². The van der Waals surface area contributed by atoms with E-state index in [1.54, 1.807) is 0 Å². The minimum absolute atomic E-state index is 0.205. The largest absolute Gasteiger partial charge is 0.362 e. The van der Waals surface area contributed by atoms with Crippen molar-refractivity contribution in [3.63, 3.8) is 0 Å². The summed E-state index contributed by atoms with van der Waals surface area (Å²) in [4.78, 5) is 12.3. The molecule has 0 aromatic heterocycles. The van der Waals surface area contributed by atoms with Crippen LogP contribution in [0.4, 0.5) is 0 Å². The predicted molar refractivity (Wildman–Crippen MR) is 101 cm³/mol. The molecular formula is C19H30O3P2. The van der Waals surface area contributed by atoms with Crippen LogP contribution >= 0.6 is 18.9 Å². The van der Waals surface area contributed by atoms with Gasteiger partial charge in [-0.1, -0.05) is 18.6 Å². The van der Waals surface area contributed by atoms with Crippen LogP contribution in [-0.4, -0.2) is 18.5 Å². The lowest BCUT2D eigenvalue weighted by molar-refractivity contribution is -0.126. The molecule has 3 fully saturated rings. The Bertz CT molecular complexity index is 551. The van der Waals surface area contributed by atoms with Crippen molar-refractivity contribution in [1.29, 1.82) is 0 Å². The van der Waals surface area contributed by atoms with E-state index in [0.29, 0.717) is 29.3 Å². The van der Waals surface area contributed by atoms with Gasteiger partial charge in [0.2, 0.25) is 0 Å². The minimum atomic E-state index is -0.205. The van der Waals surface area contributed by atoms with Crippen LogP contribution in [-0.2, 0) is 13.8 Å². The van der Waals surface area contributed by atoms with Crippen LogP contribution in [0.1, 0.15) is 58.3 Å². The first-order valence-electron chi connectivity index (χ1n) is 9.46. The number of rotatable bonds is 3. The summed E-state index contributed by atoms with van der Waals surface area (Å²) >= 11 is 0. The average Bonchev–Trinajstić information content (AvgIpc) is 2.97. The van der Waals surface area contributed by atoms with E-state index < -0.39 is 0 Å². The summed E-state index contributed by atoms with van der Waals surface area (Å²) in [6, 6.07) is 0. The smallest absolute Gasteiger partial charge is 0.130 e. The van der Waals surface area contributed by atoms with E-state index in [9.17, 15) is 4.79 Å². The zero-order valence-electron chi connectivity index (χ0n) is 14.6. The summed E-state index contributed by atoms with van der Waals surface area (Å²) in [5.41, 5.74) is 1.46. The lowest BCUT2D eigenvalue weighted by Gasteiger charge is -2.57. The molecule has 5 unspecified atom stereocenters. The molecule has 0 spiro atoms. The van der Waals surface area contributed by atoms with Crippen molar-refractivity contribution in [2.75, 3.05) is 0 Å². The van der Waals surface area contributed by atoms with Crippen molar-refractivity contribution in [2.24, 2.45) is 28.6 Å². The molecule has 5 heteroatoms. The van der Waals surface area contributed by atoms with Crippen LogP contribution in [0.3, 0.4) is 0 Å². The third-order valence-electron chi connectivity index (χ3n) is 8.14. The van der Waals surface area contributed by atoms with Gasteiger partial charge in [-0.3, -0.25) is 0 Å². The number of carbonyl (C=O) groups is 1. The summed E-state index contributed by atoms with van der Waals surface area (Å²) in [7, 11) is 4.90. The fourth-order valence-corrected chi connectivity index (χ4v) is 7.52. The molecule has 0 aliphatic heterocycles. The Labute approximate surface area is 150 Å². The fraction of sp³-hybridized carbons (Fsp3) is 0.842. The predicted octanol–water partition coefficient (Wildman–Crippen LogP) is 4.48. The third kappa shape index (κ3) is 2.34. The molecular weight excluding hydrogens is 338 g/mol. The highest BCUT2D eigenvalue weighted by atomic mass is 31.0. The molecule has 4 aliphatic rings. The lowest BCUT2D eigenvalue weighted by Crippen LogP contribution is -2.52. The standard InChI is InChI=1S/C19H30O3P2/c1-18-8-7-16-14(15(18)4-5-17(18)22-24)3-2-12-10-13(21-23)6-9-19(12,16)11-20/h2,11,13-17H,3-10,23-24H2,1H3/t13-,14?,15?,16?,17-,18-,19+/m0/s1. The topological polar surface area (TPSA) is 35.5 Å². The number of allylic oxidation sites excluding steroid dienone is 1. The summed E-state index contributed by atoms with van der Waals surface area (Å²) in [6.07, 6.45) is 13.2. The normalized spacial score (nSPS) is 50.5. The Morgan fingerprint density at radius 3 is 2.67 bits per heavy atom. The Morgan fingerprint density at radius 2 is 1.96 bits per heavy atom. The maximum Gasteiger partial charge on any atom is 0.130 e. The lowest BCUT2D eigenvalue weighted by atomic mass is 9.48. The molecule has 0 radical (unpaired) electrons. The molecule has 0 heterocycles. The molecule has 4 rings (SSSR count). The SMILES string of the molecule is C[C@]12CCC3C(CC=C4C[C@@H](OP)CC[C@@]43C=O)C1CC[C@@H]2OP. The van der Waals surface area contributed by atoms with Gasteiger partial charge in [-0.2, -0.15) is 0 Å². The van der Waals surface area contributed by atoms with Crippen LogP contribution < -0.4 is 0 Å². The summed E-state index contributed by atoms with van der Waals surface area (Å²) < 4.78 is 11.3. The minimum Gasteiger partial charge on any atom is -0.362 e. The molecule has 134 valence electrons. The maximum absolute atomic E-state index is 12.3. The van der Waals surface area contributed by atoms with E-state index in [0.717, 1.165) is 25.7 Å². The van der Waals surface area contributed by atoms with Crippen LogP contribution in [0.25, 0.3) is 0 Å². The van der Waals surface area contributed by atoms with Gasteiger partial charge in [-0.05, 0) is 74.5 Å². The second-order valence-electron chi connectivity index (χ2n) is 8.75. The van der Waals surface area contributed by atoms with Crippen LogP contribution in [0.5, 0.6) is 0 Å². The van der Waals surface area contributed by atoms with Gasteiger partial charge in [0.25, 0.3) is 0 Å². The van der Waals surface area contributed by atoms with E-state index in [2.05, 4.69) is 31.9 Å². The Balaban J connectivity index is 1.67. The number of hydrogen-bond donors (Lipinski definition) is 0. The molecule has 24 heavy (non-hydrogen) atoms. The van der Waals surface area contributed by atoms with Crippen molar-refractivity contribution in [3.05, 3.63) is 11.6 Å². The van der Waals surface area contributed by atoms with Gasteiger partial charge >= 0.3 is 0 Å². The first-order valence-corrected chi connectivity index (χ1v) is 10.4. The van der Waals surface area contributed by atoms with Crippen molar-refractivity contribution in [2.45, 2.75) is 70.5 Å². The molecule has 9 atom stereocenters. The number of carbonyl (C=O) groups excluding carboxylic acids is 1. The van der Waals surface area contributed by atoms with E-state index in [1.165, 1.54) is 37.5 Å². The molecule has 3 nitrogen and oxygen atoms in total. The van der Waals surface area contributed by atoms with Crippen molar-refractivity contribution >= 4 is 25.2 Å². The summed E-state index contributed by atoms with van der Waals surface area (Å²) in [6.45, 7) is 2.43. The molecule has 3 saturated carbocycles. The second-order valence-corrected chi connectivity index (χ2v) is 9.29. The third-order valence-corrected chi connectivity index (χ3v) is 8.85. The fourth-order valence-electron chi connectivity index (χ4n) is 6.84. The second kappa shape index (κ2) is 6.41. The van der Waals surface area contributed by atoms with E-state index >= 15 is 0 Å². The van der Waals surface area contributed by atoms with Crippen LogP contribution in [0, 0.1) is 28.6 Å². The van der Waals surface area contributed by atoms with Crippen molar-refractivity contribution < 1.29 is 13.8 Å². The zero-order chi connectivity index (χ0) is 16.9. The van der Waals surface area contributed by atoms with Crippen LogP contribution in [0.15, 0.2) is 11.6 Å². The molecule has 0 saturated heterocycles. The molecule has 0 N–H and O–H groups in total. The number of hydrogen-bond acceptors (Lipinski definition) is 3. The highest BCUT2D eigenvalue weighted by molar-refractivity contribution is 7.10. The molecule has 0 aromatic rings.